The van der Waals surface area contributed by atoms with E-state index in [4.69, 9.17) is 0 Å². The SMILES string of the molecule is Cc1ccc(N2C(=O)CCC(C(=O)N(C)Cc3cccnc3)C2c2cccs2)cc1. The molecule has 0 saturated carbocycles. The van der Waals surface area contributed by atoms with Crippen molar-refractivity contribution in [1.82, 2.24) is 9.88 Å². The molecule has 0 bridgehead atoms. The van der Waals surface area contributed by atoms with E-state index in [-0.39, 0.29) is 23.8 Å². The van der Waals surface area contributed by atoms with Gasteiger partial charge >= 0.3 is 0 Å². The smallest absolute Gasteiger partial charge is 0.228 e. The fourth-order valence-electron chi connectivity index (χ4n) is 4.07. The number of aromatic nitrogens is 1. The fraction of sp³-hybridized carbons (Fsp3) is 0.292. The topological polar surface area (TPSA) is 53.5 Å². The number of hydrogen-bond donors (Lipinski definition) is 0. The maximum atomic E-state index is 13.5. The van der Waals surface area contributed by atoms with Crippen LogP contribution in [0.2, 0.25) is 0 Å². The molecule has 0 spiro atoms. The Balaban J connectivity index is 1.66. The maximum Gasteiger partial charge on any atom is 0.228 e. The van der Waals surface area contributed by atoms with Gasteiger partial charge in [-0.1, -0.05) is 29.8 Å². The highest BCUT2D eigenvalue weighted by molar-refractivity contribution is 7.10. The van der Waals surface area contributed by atoms with Gasteiger partial charge in [-0.15, -0.1) is 11.3 Å². The van der Waals surface area contributed by atoms with Crippen molar-refractivity contribution in [2.24, 2.45) is 5.92 Å². The Hall–Kier alpha value is -2.99. The van der Waals surface area contributed by atoms with E-state index >= 15 is 0 Å². The summed E-state index contributed by atoms with van der Waals surface area (Å²) < 4.78 is 0. The van der Waals surface area contributed by atoms with E-state index in [1.165, 1.54) is 0 Å². The molecular formula is C24H25N3O2S. The number of thiophene rings is 1. The van der Waals surface area contributed by atoms with E-state index in [0.717, 1.165) is 21.7 Å². The summed E-state index contributed by atoms with van der Waals surface area (Å²) in [5, 5.41) is 2.00. The molecule has 2 unspecified atom stereocenters. The molecule has 2 aromatic heterocycles. The van der Waals surface area contributed by atoms with Gasteiger partial charge in [-0.05, 0) is 48.6 Å². The standard InChI is InChI=1S/C24H25N3O2S/c1-17-7-9-19(10-8-17)27-22(28)12-11-20(23(27)21-6-4-14-30-21)24(29)26(2)16-18-5-3-13-25-15-18/h3-10,13-15,20,23H,11-12,16H2,1-2H3. The van der Waals surface area contributed by atoms with Crippen molar-refractivity contribution >= 4 is 28.8 Å². The third-order valence-electron chi connectivity index (χ3n) is 5.58. The van der Waals surface area contributed by atoms with Crippen molar-refractivity contribution in [2.75, 3.05) is 11.9 Å². The minimum Gasteiger partial charge on any atom is -0.341 e. The van der Waals surface area contributed by atoms with Gasteiger partial charge in [0.25, 0.3) is 0 Å². The molecule has 3 aromatic rings. The van der Waals surface area contributed by atoms with Crippen LogP contribution in [-0.4, -0.2) is 28.7 Å². The number of carbonyl (C=O) groups excluding carboxylic acids is 2. The average Bonchev–Trinajstić information content (AvgIpc) is 3.29. The molecule has 1 saturated heterocycles. The summed E-state index contributed by atoms with van der Waals surface area (Å²) in [6.07, 6.45) is 4.43. The van der Waals surface area contributed by atoms with Crippen LogP contribution in [-0.2, 0) is 16.1 Å². The molecule has 0 radical (unpaired) electrons. The van der Waals surface area contributed by atoms with Crippen LogP contribution >= 0.6 is 11.3 Å². The molecule has 154 valence electrons. The molecule has 0 N–H and O–H groups in total. The zero-order valence-electron chi connectivity index (χ0n) is 17.2. The molecule has 2 atom stereocenters. The number of hydrogen-bond acceptors (Lipinski definition) is 4. The van der Waals surface area contributed by atoms with Gasteiger partial charge in [0.15, 0.2) is 0 Å². The number of amides is 2. The number of rotatable bonds is 5. The molecule has 5 nitrogen and oxygen atoms in total. The maximum absolute atomic E-state index is 13.5. The molecule has 4 rings (SSSR count). The van der Waals surface area contributed by atoms with Gasteiger partial charge in [-0.25, -0.2) is 0 Å². The Kier molecular flexibility index (Phi) is 5.95. The molecule has 1 aliphatic rings. The van der Waals surface area contributed by atoms with Crippen LogP contribution in [0.5, 0.6) is 0 Å². The van der Waals surface area contributed by atoms with Crippen molar-refractivity contribution < 1.29 is 9.59 Å². The van der Waals surface area contributed by atoms with Gasteiger partial charge in [-0.2, -0.15) is 0 Å². The summed E-state index contributed by atoms with van der Waals surface area (Å²) in [6, 6.07) is 15.5. The summed E-state index contributed by atoms with van der Waals surface area (Å²) in [7, 11) is 1.83. The second kappa shape index (κ2) is 8.79. The highest BCUT2D eigenvalue weighted by Crippen LogP contribution is 2.42. The van der Waals surface area contributed by atoms with Gasteiger partial charge in [0.1, 0.15) is 0 Å². The van der Waals surface area contributed by atoms with Crippen LogP contribution in [0.3, 0.4) is 0 Å². The first kappa shape index (κ1) is 20.3. The van der Waals surface area contributed by atoms with E-state index in [1.54, 1.807) is 28.6 Å². The van der Waals surface area contributed by atoms with Crippen molar-refractivity contribution in [2.45, 2.75) is 32.4 Å². The molecule has 1 aromatic carbocycles. The summed E-state index contributed by atoms with van der Waals surface area (Å²) in [4.78, 5) is 35.3. The molecule has 30 heavy (non-hydrogen) atoms. The van der Waals surface area contributed by atoms with Crippen LogP contribution in [0.15, 0.2) is 66.3 Å². The van der Waals surface area contributed by atoms with E-state index in [1.807, 2.05) is 72.8 Å². The fourth-order valence-corrected chi connectivity index (χ4v) is 4.95. The predicted octanol–water partition coefficient (Wildman–Crippen LogP) is 4.59. The summed E-state index contributed by atoms with van der Waals surface area (Å²) >= 11 is 1.60. The average molecular weight is 420 g/mol. The van der Waals surface area contributed by atoms with Crippen molar-refractivity contribution in [1.29, 1.82) is 0 Å². The third-order valence-corrected chi connectivity index (χ3v) is 6.52. The predicted molar refractivity (Wildman–Crippen MR) is 119 cm³/mol. The van der Waals surface area contributed by atoms with Crippen molar-refractivity contribution in [3.05, 3.63) is 82.3 Å². The normalized spacial score (nSPS) is 19.0. The number of piperidine rings is 1. The van der Waals surface area contributed by atoms with Gasteiger partial charge in [0.2, 0.25) is 11.8 Å². The summed E-state index contributed by atoms with van der Waals surface area (Å²) in [6.45, 7) is 2.52. The van der Waals surface area contributed by atoms with E-state index < -0.39 is 0 Å². The number of aryl methyl sites for hydroxylation is 1. The first-order valence-electron chi connectivity index (χ1n) is 10.1. The third kappa shape index (κ3) is 4.14. The molecule has 2 amide bonds. The van der Waals surface area contributed by atoms with Gasteiger partial charge < -0.3 is 9.80 Å². The molecular weight excluding hydrogens is 394 g/mol. The van der Waals surface area contributed by atoms with Gasteiger partial charge in [0.05, 0.1) is 12.0 Å². The minimum absolute atomic E-state index is 0.0573. The monoisotopic (exact) mass is 419 g/mol. The molecule has 3 heterocycles. The Bertz CT molecular complexity index is 1000. The second-order valence-corrected chi connectivity index (χ2v) is 8.74. The van der Waals surface area contributed by atoms with E-state index in [0.29, 0.717) is 19.4 Å². The van der Waals surface area contributed by atoms with Gasteiger partial charge in [0, 0.05) is 43.0 Å². The first-order chi connectivity index (χ1) is 14.5. The number of nitrogens with zero attached hydrogens (tertiary/aromatic N) is 3. The van der Waals surface area contributed by atoms with E-state index in [9.17, 15) is 9.59 Å². The van der Waals surface area contributed by atoms with Crippen LogP contribution in [0.4, 0.5) is 5.69 Å². The van der Waals surface area contributed by atoms with E-state index in [2.05, 4.69) is 4.98 Å². The zero-order valence-corrected chi connectivity index (χ0v) is 18.0. The second-order valence-electron chi connectivity index (χ2n) is 7.76. The minimum atomic E-state index is -0.294. The Labute approximate surface area is 181 Å². The largest absolute Gasteiger partial charge is 0.341 e. The number of pyridine rings is 1. The first-order valence-corrected chi connectivity index (χ1v) is 11.0. The molecule has 1 fully saturated rings. The van der Waals surface area contributed by atoms with Crippen LogP contribution in [0.25, 0.3) is 0 Å². The highest BCUT2D eigenvalue weighted by Gasteiger charge is 2.42. The lowest BCUT2D eigenvalue weighted by Gasteiger charge is -2.41. The zero-order chi connectivity index (χ0) is 21.1. The highest BCUT2D eigenvalue weighted by atomic mass is 32.1. The number of anilines is 1. The molecule has 6 heteroatoms. The quantitative estimate of drug-likeness (QED) is 0.608. The Morgan fingerprint density at radius 3 is 2.67 bits per heavy atom. The summed E-state index contributed by atoms with van der Waals surface area (Å²) in [5.74, 6) is -0.164. The van der Waals surface area contributed by atoms with Crippen LogP contribution in [0, 0.1) is 12.8 Å². The van der Waals surface area contributed by atoms with Crippen LogP contribution in [0.1, 0.15) is 34.9 Å². The lowest BCUT2D eigenvalue weighted by Crippen LogP contribution is -2.48. The number of benzene rings is 1. The lowest BCUT2D eigenvalue weighted by molar-refractivity contribution is -0.137. The lowest BCUT2D eigenvalue weighted by atomic mass is 9.86. The summed E-state index contributed by atoms with van der Waals surface area (Å²) in [5.41, 5.74) is 2.97. The Morgan fingerprint density at radius 1 is 1.20 bits per heavy atom. The van der Waals surface area contributed by atoms with Gasteiger partial charge in [-0.3, -0.25) is 14.6 Å². The Morgan fingerprint density at radius 2 is 2.00 bits per heavy atom. The van der Waals surface area contributed by atoms with Crippen LogP contribution < -0.4 is 4.90 Å². The van der Waals surface area contributed by atoms with Crippen molar-refractivity contribution in [3.63, 3.8) is 0 Å². The van der Waals surface area contributed by atoms with Crippen molar-refractivity contribution in [3.8, 4) is 0 Å². The molecule has 0 aliphatic carbocycles. The molecule has 1 aliphatic heterocycles. The number of carbonyl (C=O) groups is 2.